The lowest BCUT2D eigenvalue weighted by molar-refractivity contribution is -0.117. The Balaban J connectivity index is 1.45. The molecule has 0 radical (unpaired) electrons. The van der Waals surface area contributed by atoms with E-state index in [1.807, 2.05) is 56.3 Å². The number of aryl methyl sites for hydroxylation is 2. The van der Waals surface area contributed by atoms with Crippen LogP contribution in [0.5, 0.6) is 11.5 Å². The average Bonchev–Trinajstić information content (AvgIpc) is 2.82. The molecule has 0 aromatic heterocycles. The normalized spacial score (nSPS) is 16.9. The molecule has 168 valence electrons. The third kappa shape index (κ3) is 6.69. The fourth-order valence-corrected chi connectivity index (χ4v) is 3.72. The molecule has 1 unspecified atom stereocenters. The van der Waals surface area contributed by atoms with Gasteiger partial charge in [-0.3, -0.25) is 14.6 Å². The minimum absolute atomic E-state index is 0.209. The largest absolute Gasteiger partial charge is 0.493 e. The monoisotopic (exact) mass is 429 g/mol. The third-order valence-electron chi connectivity index (χ3n) is 5.46. The van der Waals surface area contributed by atoms with Gasteiger partial charge < -0.3 is 19.9 Å². The smallest absolute Gasteiger partial charge is 0.238 e. The quantitative estimate of drug-likeness (QED) is 0.604. The highest BCUT2D eigenvalue weighted by Crippen LogP contribution is 2.25. The molecule has 31 heavy (non-hydrogen) atoms. The van der Waals surface area contributed by atoms with E-state index in [1.165, 1.54) is 0 Å². The molecule has 1 heterocycles. The lowest BCUT2D eigenvalue weighted by Crippen LogP contribution is -2.50. The van der Waals surface area contributed by atoms with Crippen LogP contribution in [0, 0.1) is 13.8 Å². The summed E-state index contributed by atoms with van der Waals surface area (Å²) in [5.74, 6) is 1.02. The van der Waals surface area contributed by atoms with Crippen LogP contribution in [0.3, 0.4) is 0 Å². The molecule has 7 heteroatoms. The number of rotatable bonds is 10. The van der Waals surface area contributed by atoms with Gasteiger partial charge in [-0.05, 0) is 37.1 Å². The van der Waals surface area contributed by atoms with Crippen LogP contribution in [-0.4, -0.2) is 81.3 Å². The van der Waals surface area contributed by atoms with Gasteiger partial charge in [0.2, 0.25) is 7.34 Å². The number of nitrogens with one attached hydrogen (secondary N) is 1. The summed E-state index contributed by atoms with van der Waals surface area (Å²) in [4.78, 5) is 17.0. The number of anilines is 1. The highest BCUT2D eigenvalue weighted by molar-refractivity contribution is 5.93. The fourth-order valence-electron chi connectivity index (χ4n) is 3.72. The predicted molar refractivity (Wildman–Crippen MR) is 122 cm³/mol. The number of hydrogen-bond acceptors (Lipinski definition) is 6. The van der Waals surface area contributed by atoms with Crippen LogP contribution in [0.15, 0.2) is 42.5 Å². The maximum absolute atomic E-state index is 12.7. The van der Waals surface area contributed by atoms with E-state index in [0.29, 0.717) is 36.8 Å². The SMILES string of the molecule is [2H]OC(COc1ccccc1OC)CN1CCN(CC(=O)N([2H])c2c(C)cccc2C)CC1. The van der Waals surface area contributed by atoms with Crippen LogP contribution >= 0.6 is 0 Å². The van der Waals surface area contributed by atoms with Crippen LogP contribution < -0.4 is 14.8 Å². The Kier molecular flexibility index (Phi) is 7.29. The van der Waals surface area contributed by atoms with E-state index < -0.39 is 6.10 Å². The second kappa shape index (κ2) is 11.1. The molecule has 1 aliphatic rings. The summed E-state index contributed by atoms with van der Waals surface area (Å²) < 4.78 is 26.8. The van der Waals surface area contributed by atoms with Crippen molar-refractivity contribution in [2.45, 2.75) is 20.0 Å². The number of amides is 1. The van der Waals surface area contributed by atoms with Gasteiger partial charge in [0, 0.05) is 38.4 Å². The molecule has 7 nitrogen and oxygen atoms in total. The van der Waals surface area contributed by atoms with E-state index in [9.17, 15) is 4.79 Å². The number of aliphatic hydroxyl groups excluding tert-OH is 1. The van der Waals surface area contributed by atoms with Gasteiger partial charge in [-0.1, -0.05) is 30.3 Å². The number of β-amino-alcohol motifs (C(OH)–C–C–N with tert-alkyl or cyclic N) is 1. The van der Waals surface area contributed by atoms with Crippen LogP contribution in [0.1, 0.15) is 11.1 Å². The molecule has 0 bridgehead atoms. The summed E-state index contributed by atoms with van der Waals surface area (Å²) in [6.07, 6.45) is -0.407. The van der Waals surface area contributed by atoms with Gasteiger partial charge in [0.1, 0.15) is 12.7 Å². The zero-order valence-electron chi connectivity index (χ0n) is 20.5. The van der Waals surface area contributed by atoms with Crippen molar-refractivity contribution in [2.24, 2.45) is 0 Å². The van der Waals surface area contributed by atoms with Gasteiger partial charge in [-0.2, -0.15) is 0 Å². The molecule has 2 aromatic rings. The van der Waals surface area contributed by atoms with E-state index in [1.54, 1.807) is 7.11 Å². The van der Waals surface area contributed by atoms with Crippen molar-refractivity contribution in [3.05, 3.63) is 53.6 Å². The summed E-state index contributed by atoms with van der Waals surface area (Å²) in [7, 11) is 1.59. The van der Waals surface area contributed by atoms with E-state index in [-0.39, 0.29) is 19.1 Å². The van der Waals surface area contributed by atoms with E-state index >= 15 is 0 Å². The number of nitrogens with zero attached hydrogens (tertiary/aromatic N) is 2. The minimum Gasteiger partial charge on any atom is -0.493 e. The molecule has 2 N–H and O–H groups in total. The van der Waals surface area contributed by atoms with Crippen molar-refractivity contribution in [3.63, 3.8) is 0 Å². The lowest BCUT2D eigenvalue weighted by atomic mass is 10.1. The standard InChI is InChI=1S/C24H33N3O4/c1-18-7-6-8-19(2)24(18)25-23(29)16-27-13-11-26(12-14-27)15-20(28)17-31-22-10-5-4-9-21(22)30-3/h4-10,20,28H,11-17H2,1-3H3,(H,25,29)/i28D/hD. The second-order valence-corrected chi connectivity index (χ2v) is 7.91. The number of piperazine rings is 1. The topological polar surface area (TPSA) is 74.3 Å². The van der Waals surface area contributed by atoms with Crippen molar-refractivity contribution in [2.75, 3.05) is 58.3 Å². The number of carbonyl (C=O) groups excluding carboxylic acids is 1. The van der Waals surface area contributed by atoms with Gasteiger partial charge in [0.05, 0.1) is 13.7 Å². The Labute approximate surface area is 187 Å². The maximum atomic E-state index is 12.7. The summed E-state index contributed by atoms with van der Waals surface area (Å²) in [6.45, 7) is 7.78. The molecule has 2 aromatic carbocycles. The summed E-state index contributed by atoms with van der Waals surface area (Å²) in [5.41, 5.74) is 2.49. The highest BCUT2D eigenvalue weighted by Gasteiger charge is 2.21. The van der Waals surface area contributed by atoms with Gasteiger partial charge in [0.25, 0.3) is 0 Å². The van der Waals surface area contributed by atoms with Crippen molar-refractivity contribution >= 4 is 11.6 Å². The highest BCUT2D eigenvalue weighted by atomic mass is 16.5. The molecule has 1 fully saturated rings. The predicted octanol–water partition coefficient (Wildman–Crippen LogP) is 2.31. The van der Waals surface area contributed by atoms with Gasteiger partial charge in [-0.25, -0.2) is 0 Å². The van der Waals surface area contributed by atoms with Gasteiger partial charge in [0.15, 0.2) is 12.9 Å². The van der Waals surface area contributed by atoms with Crippen LogP contribution in [-0.2, 0) is 4.79 Å². The molecule has 1 atom stereocenters. The fraction of sp³-hybridized carbons (Fsp3) is 0.458. The first kappa shape index (κ1) is 20.3. The first-order valence-electron chi connectivity index (χ1n) is 11.5. The third-order valence-corrected chi connectivity index (χ3v) is 5.46. The van der Waals surface area contributed by atoms with Crippen LogP contribution in [0.25, 0.3) is 0 Å². The van der Waals surface area contributed by atoms with Crippen molar-refractivity contribution in [1.82, 2.24) is 9.80 Å². The second-order valence-electron chi connectivity index (χ2n) is 7.91. The number of para-hydroxylation sites is 3. The van der Waals surface area contributed by atoms with E-state index in [2.05, 4.69) is 9.80 Å². The molecule has 1 amide bonds. The number of ether oxygens (including phenoxy) is 2. The maximum Gasteiger partial charge on any atom is 0.238 e. The van der Waals surface area contributed by atoms with Crippen molar-refractivity contribution in [3.8, 4) is 11.5 Å². The molecule has 3 rings (SSSR count). The molecule has 0 spiro atoms. The molecule has 1 aliphatic heterocycles. The number of benzene rings is 2. The Bertz CT molecular complexity index is 902. The Hall–Kier alpha value is -2.61. The molecular weight excluding hydrogens is 394 g/mol. The zero-order valence-corrected chi connectivity index (χ0v) is 18.5. The lowest BCUT2D eigenvalue weighted by Gasteiger charge is -2.35. The first-order valence-corrected chi connectivity index (χ1v) is 10.6. The Morgan fingerprint density at radius 2 is 1.74 bits per heavy atom. The van der Waals surface area contributed by atoms with E-state index in [4.69, 9.17) is 17.4 Å². The van der Waals surface area contributed by atoms with Gasteiger partial charge in [-0.15, -0.1) is 0 Å². The summed E-state index contributed by atoms with van der Waals surface area (Å²) >= 11 is 0. The minimum atomic E-state index is -0.407. The number of aliphatic hydroxyl groups is 1. The number of carbonyl (C=O) groups is 1. The van der Waals surface area contributed by atoms with Crippen molar-refractivity contribution in [1.29, 1.82) is 1.43 Å². The molecule has 0 aliphatic carbocycles. The van der Waals surface area contributed by atoms with Crippen molar-refractivity contribution < 1.29 is 20.8 Å². The molecule has 0 saturated carbocycles. The Morgan fingerprint density at radius 1 is 1.10 bits per heavy atom. The van der Waals surface area contributed by atoms with Crippen LogP contribution in [0.4, 0.5) is 5.69 Å². The van der Waals surface area contributed by atoms with E-state index in [0.717, 1.165) is 29.5 Å². The number of hydrogen-bond donors (Lipinski definition) is 2. The average molecular weight is 430 g/mol. The zero-order chi connectivity index (χ0) is 23.8. The summed E-state index contributed by atoms with van der Waals surface area (Å²) in [6, 6.07) is 13.1. The van der Waals surface area contributed by atoms with Gasteiger partial charge >= 0.3 is 0 Å². The molecular formula is C24H33N3O4. The molecule has 1 saturated heterocycles. The number of methoxy groups -OCH3 is 1. The Morgan fingerprint density at radius 3 is 2.39 bits per heavy atom. The summed E-state index contributed by atoms with van der Waals surface area (Å²) in [5, 5.41) is 5.91. The first-order chi connectivity index (χ1) is 15.9. The van der Waals surface area contributed by atoms with Crippen LogP contribution in [0.2, 0.25) is 1.41 Å².